The van der Waals surface area contributed by atoms with E-state index in [1.807, 2.05) is 12.4 Å². The average Bonchev–Trinajstić information content (AvgIpc) is 2.29. The van der Waals surface area contributed by atoms with Crippen molar-refractivity contribution in [3.8, 4) is 11.1 Å². The van der Waals surface area contributed by atoms with Gasteiger partial charge in [-0.1, -0.05) is 32.0 Å². The Balaban J connectivity index is 2.43. The van der Waals surface area contributed by atoms with Crippen molar-refractivity contribution in [3.63, 3.8) is 0 Å². The molecule has 0 aliphatic rings. The molecule has 2 heteroatoms. The largest absolute Gasteiger partial charge is 0.244 e. The molecule has 2 aromatic rings. The van der Waals surface area contributed by atoms with Gasteiger partial charge in [-0.05, 0) is 29.5 Å². The molecule has 0 unspecified atom stereocenters. The van der Waals surface area contributed by atoms with Gasteiger partial charge in [-0.15, -0.1) is 0 Å². The summed E-state index contributed by atoms with van der Waals surface area (Å²) >= 11 is 0. The highest BCUT2D eigenvalue weighted by molar-refractivity contribution is 5.63. The van der Waals surface area contributed by atoms with E-state index in [2.05, 4.69) is 48.9 Å². The summed E-state index contributed by atoms with van der Waals surface area (Å²) in [4.78, 5) is 8.07. The minimum absolute atomic E-state index is 0.570. The summed E-state index contributed by atoms with van der Waals surface area (Å²) in [5.74, 6) is 0.570. The topological polar surface area (TPSA) is 25.8 Å². The van der Waals surface area contributed by atoms with Crippen LogP contribution in [-0.2, 0) is 0 Å². The van der Waals surface area contributed by atoms with Crippen LogP contribution in [0.2, 0.25) is 0 Å². The van der Waals surface area contributed by atoms with E-state index in [1.165, 1.54) is 16.7 Å². The fraction of sp³-hybridized carbons (Fsp3) is 0.286. The van der Waals surface area contributed by atoms with Crippen molar-refractivity contribution < 1.29 is 0 Å². The molecule has 16 heavy (non-hydrogen) atoms. The fourth-order valence-corrected chi connectivity index (χ4v) is 1.95. The van der Waals surface area contributed by atoms with Gasteiger partial charge in [-0.25, -0.2) is 9.97 Å². The first-order chi connectivity index (χ1) is 7.68. The van der Waals surface area contributed by atoms with Crippen molar-refractivity contribution in [3.05, 3.63) is 48.0 Å². The van der Waals surface area contributed by atoms with Crippen molar-refractivity contribution >= 4 is 0 Å². The smallest absolute Gasteiger partial charge is 0.115 e. The zero-order valence-corrected chi connectivity index (χ0v) is 9.94. The molecule has 0 spiro atoms. The van der Waals surface area contributed by atoms with Gasteiger partial charge in [0.25, 0.3) is 0 Å². The molecule has 0 fully saturated rings. The highest BCUT2D eigenvalue weighted by Crippen LogP contribution is 2.24. The Bertz CT molecular complexity index is 475. The summed E-state index contributed by atoms with van der Waals surface area (Å²) in [5.41, 5.74) is 4.99. The Morgan fingerprint density at radius 3 is 2.25 bits per heavy atom. The van der Waals surface area contributed by atoms with Crippen LogP contribution >= 0.6 is 0 Å². The van der Waals surface area contributed by atoms with E-state index in [1.54, 1.807) is 6.33 Å². The first-order valence-electron chi connectivity index (χ1n) is 5.54. The first-order valence-corrected chi connectivity index (χ1v) is 5.54. The Morgan fingerprint density at radius 2 is 1.69 bits per heavy atom. The van der Waals surface area contributed by atoms with Crippen molar-refractivity contribution in [2.75, 3.05) is 0 Å². The predicted octanol–water partition coefficient (Wildman–Crippen LogP) is 3.58. The van der Waals surface area contributed by atoms with Gasteiger partial charge in [0.1, 0.15) is 6.33 Å². The van der Waals surface area contributed by atoms with E-state index in [0.717, 1.165) is 5.56 Å². The summed E-state index contributed by atoms with van der Waals surface area (Å²) in [6.45, 7) is 6.59. The van der Waals surface area contributed by atoms with Gasteiger partial charge in [-0.2, -0.15) is 0 Å². The maximum atomic E-state index is 4.04. The maximum absolute atomic E-state index is 4.04. The van der Waals surface area contributed by atoms with Crippen LogP contribution in [0.4, 0.5) is 0 Å². The van der Waals surface area contributed by atoms with E-state index in [0.29, 0.717) is 5.92 Å². The van der Waals surface area contributed by atoms with E-state index in [9.17, 15) is 0 Å². The van der Waals surface area contributed by atoms with Crippen LogP contribution in [0.1, 0.15) is 30.9 Å². The minimum Gasteiger partial charge on any atom is -0.244 e. The average molecular weight is 212 g/mol. The quantitative estimate of drug-likeness (QED) is 0.760. The number of hydrogen-bond donors (Lipinski definition) is 0. The Hall–Kier alpha value is -1.70. The molecule has 2 rings (SSSR count). The van der Waals surface area contributed by atoms with E-state index in [4.69, 9.17) is 0 Å². The molecule has 0 aliphatic carbocycles. The molecule has 0 saturated heterocycles. The number of nitrogens with zero attached hydrogens (tertiary/aromatic N) is 2. The van der Waals surface area contributed by atoms with Crippen molar-refractivity contribution in [2.24, 2.45) is 0 Å². The number of hydrogen-bond acceptors (Lipinski definition) is 2. The van der Waals surface area contributed by atoms with Gasteiger partial charge in [0.2, 0.25) is 0 Å². The van der Waals surface area contributed by atoms with Gasteiger partial charge >= 0.3 is 0 Å². The third-order valence-corrected chi connectivity index (χ3v) is 2.79. The van der Waals surface area contributed by atoms with Crippen LogP contribution in [0.15, 0.2) is 36.9 Å². The molecular weight excluding hydrogens is 196 g/mol. The van der Waals surface area contributed by atoms with Crippen LogP contribution in [0.5, 0.6) is 0 Å². The molecular formula is C14H16N2. The Labute approximate surface area is 96.4 Å². The summed E-state index contributed by atoms with van der Waals surface area (Å²) in [5, 5.41) is 0. The first kappa shape index (κ1) is 10.8. The van der Waals surface area contributed by atoms with E-state index < -0.39 is 0 Å². The monoisotopic (exact) mass is 212 g/mol. The molecule has 1 heterocycles. The number of benzene rings is 1. The fourth-order valence-electron chi connectivity index (χ4n) is 1.95. The molecule has 0 N–H and O–H groups in total. The van der Waals surface area contributed by atoms with Gasteiger partial charge < -0.3 is 0 Å². The van der Waals surface area contributed by atoms with Crippen molar-refractivity contribution in [1.82, 2.24) is 9.97 Å². The van der Waals surface area contributed by atoms with Gasteiger partial charge in [0.15, 0.2) is 0 Å². The van der Waals surface area contributed by atoms with E-state index in [-0.39, 0.29) is 0 Å². The number of aromatic nitrogens is 2. The molecule has 0 radical (unpaired) electrons. The predicted molar refractivity (Wildman–Crippen MR) is 66.3 cm³/mol. The lowest BCUT2D eigenvalue weighted by molar-refractivity contribution is 0.857. The molecule has 0 bridgehead atoms. The third-order valence-electron chi connectivity index (χ3n) is 2.79. The Morgan fingerprint density at radius 1 is 1.00 bits per heavy atom. The van der Waals surface area contributed by atoms with Gasteiger partial charge in [0, 0.05) is 18.0 Å². The normalized spacial score (nSPS) is 10.8. The molecule has 2 nitrogen and oxygen atoms in total. The van der Waals surface area contributed by atoms with Gasteiger partial charge in [0.05, 0.1) is 0 Å². The number of aryl methyl sites for hydroxylation is 1. The van der Waals surface area contributed by atoms with Crippen LogP contribution in [-0.4, -0.2) is 9.97 Å². The SMILES string of the molecule is Cc1cc(-c2cncnc2)ccc1C(C)C. The molecule has 0 atom stereocenters. The van der Waals surface area contributed by atoms with Gasteiger partial charge in [-0.3, -0.25) is 0 Å². The lowest BCUT2D eigenvalue weighted by Crippen LogP contribution is -1.92. The summed E-state index contributed by atoms with van der Waals surface area (Å²) in [6.07, 6.45) is 5.24. The second-order valence-corrected chi connectivity index (χ2v) is 4.35. The lowest BCUT2D eigenvalue weighted by atomic mass is 9.95. The Kier molecular flexibility index (Phi) is 3.00. The molecule has 0 saturated carbocycles. The molecule has 1 aromatic carbocycles. The molecule has 82 valence electrons. The summed E-state index contributed by atoms with van der Waals surface area (Å²) < 4.78 is 0. The van der Waals surface area contributed by atoms with Crippen LogP contribution in [0.3, 0.4) is 0 Å². The summed E-state index contributed by atoms with van der Waals surface area (Å²) in [7, 11) is 0. The zero-order chi connectivity index (χ0) is 11.5. The zero-order valence-electron chi connectivity index (χ0n) is 9.94. The minimum atomic E-state index is 0.570. The maximum Gasteiger partial charge on any atom is 0.115 e. The van der Waals surface area contributed by atoms with Crippen LogP contribution in [0, 0.1) is 6.92 Å². The van der Waals surface area contributed by atoms with E-state index >= 15 is 0 Å². The highest BCUT2D eigenvalue weighted by atomic mass is 14.8. The second kappa shape index (κ2) is 4.44. The standard InChI is InChI=1S/C14H16N2/c1-10(2)14-5-4-12(6-11(14)3)13-7-15-9-16-8-13/h4-10H,1-3H3. The number of rotatable bonds is 2. The third kappa shape index (κ3) is 2.11. The molecule has 0 aliphatic heterocycles. The highest BCUT2D eigenvalue weighted by Gasteiger charge is 2.05. The van der Waals surface area contributed by atoms with Crippen molar-refractivity contribution in [1.29, 1.82) is 0 Å². The summed E-state index contributed by atoms with van der Waals surface area (Å²) in [6, 6.07) is 6.54. The van der Waals surface area contributed by atoms with Crippen molar-refractivity contribution in [2.45, 2.75) is 26.7 Å². The van der Waals surface area contributed by atoms with Crippen LogP contribution in [0.25, 0.3) is 11.1 Å². The molecule has 1 aromatic heterocycles. The van der Waals surface area contributed by atoms with Crippen LogP contribution < -0.4 is 0 Å². The second-order valence-electron chi connectivity index (χ2n) is 4.35. The lowest BCUT2D eigenvalue weighted by Gasteiger charge is -2.11. The molecule has 0 amide bonds.